The Hall–Kier alpha value is -0.680. The van der Waals surface area contributed by atoms with E-state index in [2.05, 4.69) is 22.4 Å². The van der Waals surface area contributed by atoms with Crippen LogP contribution in [-0.2, 0) is 11.3 Å². The number of unbranched alkanes of at least 4 members (excludes halogenated alkanes) is 3. The molecule has 1 aromatic rings. The van der Waals surface area contributed by atoms with Crippen molar-refractivity contribution in [3.8, 4) is 0 Å². The number of hydrogen-bond acceptors (Lipinski definition) is 5. The average molecular weight is 243 g/mol. The second kappa shape index (κ2) is 8.47. The molecular formula is C11H21N3OS. The molecule has 1 N–H and O–H groups in total. The zero-order valence-electron chi connectivity index (χ0n) is 10.2. The van der Waals surface area contributed by atoms with Gasteiger partial charge in [0.05, 0.1) is 0 Å². The highest BCUT2D eigenvalue weighted by Crippen LogP contribution is 2.15. The second-order valence-corrected chi connectivity index (χ2v) is 4.71. The van der Waals surface area contributed by atoms with Gasteiger partial charge in [-0.25, -0.2) is 0 Å². The van der Waals surface area contributed by atoms with Crippen LogP contribution in [0.4, 0.5) is 5.13 Å². The summed E-state index contributed by atoms with van der Waals surface area (Å²) in [5, 5.41) is 13.0. The van der Waals surface area contributed by atoms with Crippen molar-refractivity contribution in [2.24, 2.45) is 0 Å². The van der Waals surface area contributed by atoms with Crippen molar-refractivity contribution in [1.82, 2.24) is 10.2 Å². The Bertz CT molecular complexity index is 278. The third kappa shape index (κ3) is 5.42. The van der Waals surface area contributed by atoms with E-state index in [-0.39, 0.29) is 0 Å². The monoisotopic (exact) mass is 243 g/mol. The van der Waals surface area contributed by atoms with Crippen molar-refractivity contribution in [1.29, 1.82) is 0 Å². The Morgan fingerprint density at radius 3 is 2.81 bits per heavy atom. The SMILES string of the molecule is CCCCCCOCc1nnc(NCC)s1. The highest BCUT2D eigenvalue weighted by atomic mass is 32.1. The molecule has 4 nitrogen and oxygen atoms in total. The third-order valence-corrected chi connectivity index (χ3v) is 3.02. The molecule has 1 rings (SSSR count). The van der Waals surface area contributed by atoms with Crippen molar-refractivity contribution >= 4 is 16.5 Å². The minimum absolute atomic E-state index is 0.592. The fourth-order valence-corrected chi connectivity index (χ4v) is 2.07. The van der Waals surface area contributed by atoms with E-state index >= 15 is 0 Å². The van der Waals surface area contributed by atoms with Crippen LogP contribution in [-0.4, -0.2) is 23.3 Å². The first-order valence-corrected chi connectivity index (χ1v) is 6.82. The Labute approximate surface area is 101 Å². The summed E-state index contributed by atoms with van der Waals surface area (Å²) in [5.41, 5.74) is 0. The molecule has 1 aromatic heterocycles. The summed E-state index contributed by atoms with van der Waals surface area (Å²) in [6, 6.07) is 0. The second-order valence-electron chi connectivity index (χ2n) is 3.64. The van der Waals surface area contributed by atoms with E-state index < -0.39 is 0 Å². The van der Waals surface area contributed by atoms with Crippen LogP contribution in [0.2, 0.25) is 0 Å². The molecule has 0 unspecified atom stereocenters. The molecule has 5 heteroatoms. The van der Waals surface area contributed by atoms with Crippen molar-refractivity contribution < 1.29 is 4.74 Å². The average Bonchev–Trinajstić information content (AvgIpc) is 2.72. The molecule has 1 heterocycles. The lowest BCUT2D eigenvalue weighted by atomic mass is 10.2. The van der Waals surface area contributed by atoms with E-state index in [1.54, 1.807) is 11.3 Å². The maximum absolute atomic E-state index is 5.54. The summed E-state index contributed by atoms with van der Waals surface area (Å²) in [4.78, 5) is 0. The number of nitrogens with one attached hydrogen (secondary N) is 1. The zero-order chi connectivity index (χ0) is 11.6. The van der Waals surface area contributed by atoms with Gasteiger partial charge in [-0.05, 0) is 13.3 Å². The first-order chi connectivity index (χ1) is 7.86. The lowest BCUT2D eigenvalue weighted by Crippen LogP contribution is -1.95. The van der Waals surface area contributed by atoms with Crippen LogP contribution < -0.4 is 5.32 Å². The van der Waals surface area contributed by atoms with Gasteiger partial charge >= 0.3 is 0 Å². The van der Waals surface area contributed by atoms with Crippen LogP contribution in [0.3, 0.4) is 0 Å². The molecular weight excluding hydrogens is 222 g/mol. The smallest absolute Gasteiger partial charge is 0.205 e. The first-order valence-electron chi connectivity index (χ1n) is 6.00. The van der Waals surface area contributed by atoms with E-state index in [0.29, 0.717) is 6.61 Å². The molecule has 0 fully saturated rings. The van der Waals surface area contributed by atoms with Crippen LogP contribution in [0.5, 0.6) is 0 Å². The zero-order valence-corrected chi connectivity index (χ0v) is 11.0. The minimum Gasteiger partial charge on any atom is -0.374 e. The Kier molecular flexibility index (Phi) is 7.09. The normalized spacial score (nSPS) is 10.6. The summed E-state index contributed by atoms with van der Waals surface area (Å²) >= 11 is 1.57. The van der Waals surface area contributed by atoms with Gasteiger partial charge in [-0.1, -0.05) is 37.5 Å². The molecule has 0 aliphatic rings. The van der Waals surface area contributed by atoms with E-state index in [4.69, 9.17) is 4.74 Å². The van der Waals surface area contributed by atoms with Crippen LogP contribution in [0.25, 0.3) is 0 Å². The number of rotatable bonds is 9. The first kappa shape index (κ1) is 13.4. The van der Waals surface area contributed by atoms with Gasteiger partial charge in [0.2, 0.25) is 5.13 Å². The van der Waals surface area contributed by atoms with Crippen molar-refractivity contribution in [3.05, 3.63) is 5.01 Å². The predicted molar refractivity (Wildman–Crippen MR) is 67.9 cm³/mol. The molecule has 0 amide bonds. The number of nitrogens with zero attached hydrogens (tertiary/aromatic N) is 2. The van der Waals surface area contributed by atoms with Gasteiger partial charge in [-0.15, -0.1) is 10.2 Å². The summed E-state index contributed by atoms with van der Waals surface area (Å²) in [7, 11) is 0. The van der Waals surface area contributed by atoms with Gasteiger partial charge in [-0.3, -0.25) is 0 Å². The third-order valence-electron chi connectivity index (χ3n) is 2.16. The highest BCUT2D eigenvalue weighted by molar-refractivity contribution is 7.15. The predicted octanol–water partition coefficient (Wildman–Crippen LogP) is 3.07. The quantitative estimate of drug-likeness (QED) is 0.677. The Morgan fingerprint density at radius 2 is 2.06 bits per heavy atom. The molecule has 0 spiro atoms. The molecule has 0 radical (unpaired) electrons. The molecule has 0 atom stereocenters. The van der Waals surface area contributed by atoms with E-state index in [9.17, 15) is 0 Å². The van der Waals surface area contributed by atoms with Crippen LogP contribution in [0.1, 0.15) is 44.5 Å². The van der Waals surface area contributed by atoms with E-state index in [1.165, 1.54) is 19.3 Å². The molecule has 92 valence electrons. The summed E-state index contributed by atoms with van der Waals surface area (Å²) < 4.78 is 5.54. The summed E-state index contributed by atoms with van der Waals surface area (Å²) in [5.74, 6) is 0. The minimum atomic E-state index is 0.592. The van der Waals surface area contributed by atoms with Crippen LogP contribution in [0.15, 0.2) is 0 Å². The molecule has 0 bridgehead atoms. The summed E-state index contributed by atoms with van der Waals surface area (Å²) in [6.07, 6.45) is 4.97. The molecule has 0 saturated heterocycles. The molecule has 0 aromatic carbocycles. The largest absolute Gasteiger partial charge is 0.374 e. The molecule has 0 saturated carbocycles. The lowest BCUT2D eigenvalue weighted by molar-refractivity contribution is 0.116. The van der Waals surface area contributed by atoms with E-state index in [0.717, 1.165) is 29.7 Å². The fraction of sp³-hybridized carbons (Fsp3) is 0.818. The van der Waals surface area contributed by atoms with Gasteiger partial charge in [0.25, 0.3) is 0 Å². The maximum Gasteiger partial charge on any atom is 0.205 e. The number of hydrogen-bond donors (Lipinski definition) is 1. The lowest BCUT2D eigenvalue weighted by Gasteiger charge is -2.00. The van der Waals surface area contributed by atoms with Crippen LogP contribution in [0, 0.1) is 0 Å². The number of anilines is 1. The highest BCUT2D eigenvalue weighted by Gasteiger charge is 2.02. The van der Waals surface area contributed by atoms with Crippen LogP contribution >= 0.6 is 11.3 Å². The van der Waals surface area contributed by atoms with Crippen molar-refractivity contribution in [2.75, 3.05) is 18.5 Å². The maximum atomic E-state index is 5.54. The van der Waals surface area contributed by atoms with Crippen molar-refractivity contribution in [3.63, 3.8) is 0 Å². The van der Waals surface area contributed by atoms with Gasteiger partial charge in [-0.2, -0.15) is 0 Å². The summed E-state index contributed by atoms with van der Waals surface area (Å²) in [6.45, 7) is 6.56. The number of ether oxygens (including phenoxy) is 1. The van der Waals surface area contributed by atoms with Gasteiger partial charge in [0.15, 0.2) is 0 Å². The van der Waals surface area contributed by atoms with Crippen molar-refractivity contribution in [2.45, 2.75) is 46.1 Å². The Balaban J connectivity index is 2.07. The molecule has 0 aliphatic carbocycles. The molecule has 16 heavy (non-hydrogen) atoms. The Morgan fingerprint density at radius 1 is 1.19 bits per heavy atom. The van der Waals surface area contributed by atoms with Gasteiger partial charge < -0.3 is 10.1 Å². The van der Waals surface area contributed by atoms with Gasteiger partial charge in [0, 0.05) is 13.2 Å². The fourth-order valence-electron chi connectivity index (χ4n) is 1.32. The molecule has 0 aliphatic heterocycles. The van der Waals surface area contributed by atoms with Gasteiger partial charge in [0.1, 0.15) is 11.6 Å². The standard InChI is InChI=1S/C11H21N3OS/c1-3-5-6-7-8-15-9-10-13-14-11(16-10)12-4-2/h3-9H2,1-2H3,(H,12,14). The van der Waals surface area contributed by atoms with E-state index in [1.807, 2.05) is 6.92 Å². The number of aromatic nitrogens is 2. The topological polar surface area (TPSA) is 47.0 Å².